The standard InChI is InChI=1S/C47H85NO13/c1-3-5-7-9-11-13-15-17-18-19-20-22-24-26-28-30-36(51)35(48-39(52)31-29-27-25-23-21-16-14-12-10-8-6-4-2)34-58-46-44(57)42(55)45(38(33-50)60-46)61-47-43(56)41(54)40(53)37(32-49)59-47/h12,14,20,22,28,30,35-38,40-47,49-51,53-57H,3-11,13,15-19,21,23-27,29,31-34H2,1-2H3,(H,48,52)/b14-12-,22-20+,30-28+. The first kappa shape index (κ1) is 55.3. The van der Waals surface area contributed by atoms with Gasteiger partial charge in [0.2, 0.25) is 5.91 Å². The van der Waals surface area contributed by atoms with Crippen LogP contribution >= 0.6 is 0 Å². The first-order valence-corrected chi connectivity index (χ1v) is 23.7. The van der Waals surface area contributed by atoms with Crippen LogP contribution in [0.1, 0.15) is 162 Å². The number of carbonyl (C=O) groups is 1. The van der Waals surface area contributed by atoms with Crippen LogP contribution in [0.25, 0.3) is 0 Å². The van der Waals surface area contributed by atoms with Gasteiger partial charge in [-0.2, -0.15) is 0 Å². The first-order valence-electron chi connectivity index (χ1n) is 23.7. The molecule has 2 heterocycles. The zero-order valence-electron chi connectivity index (χ0n) is 37.4. The second-order valence-electron chi connectivity index (χ2n) is 16.9. The fraction of sp³-hybridized carbons (Fsp3) is 0.851. The maximum atomic E-state index is 13.1. The van der Waals surface area contributed by atoms with Gasteiger partial charge in [-0.1, -0.05) is 134 Å². The molecular formula is C47H85NO13. The molecule has 61 heavy (non-hydrogen) atoms. The summed E-state index contributed by atoms with van der Waals surface area (Å²) in [6, 6.07) is -0.932. The van der Waals surface area contributed by atoms with Gasteiger partial charge in [0.05, 0.1) is 32.0 Å². The summed E-state index contributed by atoms with van der Waals surface area (Å²) in [6.45, 7) is 2.70. The van der Waals surface area contributed by atoms with E-state index in [9.17, 15) is 45.6 Å². The third-order valence-electron chi connectivity index (χ3n) is 11.5. The Morgan fingerprint density at radius 1 is 0.574 bits per heavy atom. The number of hydrogen-bond acceptors (Lipinski definition) is 13. The van der Waals surface area contributed by atoms with Crippen molar-refractivity contribution in [3.8, 4) is 0 Å². The van der Waals surface area contributed by atoms with Crippen molar-refractivity contribution in [2.24, 2.45) is 0 Å². The number of unbranched alkanes of at least 4 members (excludes halogenated alkanes) is 18. The van der Waals surface area contributed by atoms with Gasteiger partial charge in [-0.05, 0) is 57.8 Å². The minimum Gasteiger partial charge on any atom is -0.394 e. The Balaban J connectivity index is 1.91. The van der Waals surface area contributed by atoms with Gasteiger partial charge in [0, 0.05) is 6.42 Å². The lowest BCUT2D eigenvalue weighted by Gasteiger charge is -2.46. The van der Waals surface area contributed by atoms with Crippen LogP contribution in [0.4, 0.5) is 0 Å². The minimum atomic E-state index is -1.79. The van der Waals surface area contributed by atoms with Crippen LogP contribution < -0.4 is 5.32 Å². The van der Waals surface area contributed by atoms with E-state index in [2.05, 4.69) is 43.5 Å². The molecule has 1 amide bonds. The molecule has 356 valence electrons. The Bertz CT molecular complexity index is 1170. The van der Waals surface area contributed by atoms with E-state index >= 15 is 0 Å². The Kier molecular flexibility index (Phi) is 31.4. The van der Waals surface area contributed by atoms with E-state index in [0.29, 0.717) is 12.8 Å². The molecule has 0 aromatic rings. The molecule has 0 radical (unpaired) electrons. The monoisotopic (exact) mass is 872 g/mol. The number of aliphatic hydroxyl groups excluding tert-OH is 8. The lowest BCUT2D eigenvalue weighted by Crippen LogP contribution is -2.65. The molecule has 12 atom stereocenters. The molecule has 2 rings (SSSR count). The van der Waals surface area contributed by atoms with Gasteiger partial charge in [-0.25, -0.2) is 0 Å². The number of hydrogen-bond donors (Lipinski definition) is 9. The molecule has 0 aliphatic carbocycles. The molecule has 2 fully saturated rings. The maximum Gasteiger partial charge on any atom is 0.220 e. The maximum absolute atomic E-state index is 13.1. The van der Waals surface area contributed by atoms with Crippen molar-refractivity contribution in [2.45, 2.75) is 235 Å². The second-order valence-corrected chi connectivity index (χ2v) is 16.9. The summed E-state index contributed by atoms with van der Waals surface area (Å²) < 4.78 is 22.6. The molecular weight excluding hydrogens is 787 g/mol. The third-order valence-corrected chi connectivity index (χ3v) is 11.5. The number of amides is 1. The molecule has 0 spiro atoms. The molecule has 0 aromatic heterocycles. The summed E-state index contributed by atoms with van der Waals surface area (Å²) in [5, 5.41) is 86.5. The van der Waals surface area contributed by atoms with Crippen LogP contribution in [0.5, 0.6) is 0 Å². The average molecular weight is 872 g/mol. The number of carbonyl (C=O) groups excluding carboxylic acids is 1. The van der Waals surface area contributed by atoms with Crippen LogP contribution in [0, 0.1) is 0 Å². The molecule has 14 heteroatoms. The highest BCUT2D eigenvalue weighted by atomic mass is 16.7. The SMILES string of the molecule is CCCCC/C=C\CCCCCCCC(=O)NC(COC1OC(CO)C(OC2OC(CO)C(O)C(O)C2O)C(O)C1O)C(O)/C=C/CC/C=C/CCCCCCCCCCC. The summed E-state index contributed by atoms with van der Waals surface area (Å²) >= 11 is 0. The van der Waals surface area contributed by atoms with E-state index in [-0.39, 0.29) is 18.9 Å². The Labute approximate surface area is 366 Å². The van der Waals surface area contributed by atoms with Crippen molar-refractivity contribution < 1.29 is 64.6 Å². The third kappa shape index (κ3) is 22.6. The van der Waals surface area contributed by atoms with E-state index in [1.54, 1.807) is 6.08 Å². The van der Waals surface area contributed by atoms with Crippen LogP contribution in [-0.4, -0.2) is 140 Å². The molecule has 0 bridgehead atoms. The van der Waals surface area contributed by atoms with E-state index in [1.807, 2.05) is 6.08 Å². The molecule has 9 N–H and O–H groups in total. The second kappa shape index (κ2) is 34.6. The van der Waals surface area contributed by atoms with E-state index in [4.69, 9.17) is 18.9 Å². The highest BCUT2D eigenvalue weighted by Crippen LogP contribution is 2.30. The van der Waals surface area contributed by atoms with Crippen molar-refractivity contribution in [3.05, 3.63) is 36.5 Å². The zero-order chi connectivity index (χ0) is 44.7. The summed E-state index contributed by atoms with van der Waals surface area (Å²) in [4.78, 5) is 13.1. The number of allylic oxidation sites excluding steroid dienone is 5. The van der Waals surface area contributed by atoms with E-state index in [1.165, 1.54) is 77.0 Å². The summed E-state index contributed by atoms with van der Waals surface area (Å²) in [6.07, 6.45) is 20.5. The lowest BCUT2D eigenvalue weighted by molar-refractivity contribution is -0.359. The number of ether oxygens (including phenoxy) is 4. The number of nitrogens with one attached hydrogen (secondary N) is 1. The average Bonchev–Trinajstić information content (AvgIpc) is 3.26. The largest absolute Gasteiger partial charge is 0.394 e. The van der Waals surface area contributed by atoms with Gasteiger partial charge in [-0.3, -0.25) is 4.79 Å². The zero-order valence-corrected chi connectivity index (χ0v) is 37.4. The first-order chi connectivity index (χ1) is 29.6. The van der Waals surface area contributed by atoms with Crippen LogP contribution in [0.2, 0.25) is 0 Å². The van der Waals surface area contributed by atoms with Gasteiger partial charge in [0.15, 0.2) is 12.6 Å². The fourth-order valence-electron chi connectivity index (χ4n) is 7.59. The number of aliphatic hydroxyl groups is 8. The smallest absolute Gasteiger partial charge is 0.220 e. The summed E-state index contributed by atoms with van der Waals surface area (Å²) in [5.74, 6) is -0.262. The van der Waals surface area contributed by atoms with Crippen LogP contribution in [0.3, 0.4) is 0 Å². The molecule has 12 unspecified atom stereocenters. The van der Waals surface area contributed by atoms with Gasteiger partial charge in [0.25, 0.3) is 0 Å². The molecule has 14 nitrogen and oxygen atoms in total. The Hall–Kier alpha value is -1.79. The van der Waals surface area contributed by atoms with Crippen molar-refractivity contribution in [1.29, 1.82) is 0 Å². The van der Waals surface area contributed by atoms with E-state index in [0.717, 1.165) is 51.4 Å². The van der Waals surface area contributed by atoms with Crippen molar-refractivity contribution >= 4 is 5.91 Å². The van der Waals surface area contributed by atoms with E-state index < -0.39 is 86.8 Å². The van der Waals surface area contributed by atoms with Gasteiger partial charge >= 0.3 is 0 Å². The lowest BCUT2D eigenvalue weighted by atomic mass is 9.97. The molecule has 2 aliphatic rings. The highest BCUT2D eigenvalue weighted by Gasteiger charge is 2.50. The van der Waals surface area contributed by atoms with Crippen LogP contribution in [0.15, 0.2) is 36.5 Å². The van der Waals surface area contributed by atoms with Crippen molar-refractivity contribution in [2.75, 3.05) is 19.8 Å². The quantitative estimate of drug-likeness (QED) is 0.0297. The van der Waals surface area contributed by atoms with Crippen molar-refractivity contribution in [1.82, 2.24) is 5.32 Å². The fourth-order valence-corrected chi connectivity index (χ4v) is 7.59. The molecule has 0 saturated carbocycles. The van der Waals surface area contributed by atoms with Gasteiger partial charge in [-0.15, -0.1) is 0 Å². The van der Waals surface area contributed by atoms with Gasteiger partial charge in [0.1, 0.15) is 48.8 Å². The molecule has 2 aliphatic heterocycles. The minimum absolute atomic E-state index is 0.262. The normalized spacial score (nSPS) is 28.3. The Morgan fingerprint density at radius 2 is 1.05 bits per heavy atom. The molecule has 2 saturated heterocycles. The number of rotatable bonds is 35. The topological polar surface area (TPSA) is 228 Å². The summed E-state index contributed by atoms with van der Waals surface area (Å²) in [7, 11) is 0. The Morgan fingerprint density at radius 3 is 1.64 bits per heavy atom. The highest BCUT2D eigenvalue weighted by molar-refractivity contribution is 5.76. The van der Waals surface area contributed by atoms with Crippen molar-refractivity contribution in [3.63, 3.8) is 0 Å². The summed E-state index contributed by atoms with van der Waals surface area (Å²) in [5.41, 5.74) is 0. The van der Waals surface area contributed by atoms with Gasteiger partial charge < -0.3 is 65.1 Å². The predicted octanol–water partition coefficient (Wildman–Crippen LogP) is 5.15. The molecule has 0 aromatic carbocycles. The predicted molar refractivity (Wildman–Crippen MR) is 235 cm³/mol. The van der Waals surface area contributed by atoms with Crippen LogP contribution in [-0.2, 0) is 23.7 Å².